The lowest BCUT2D eigenvalue weighted by Gasteiger charge is -2.31. The maximum Gasteiger partial charge on any atom is 0.334 e. The molecule has 1 aliphatic rings. The summed E-state index contributed by atoms with van der Waals surface area (Å²) >= 11 is 0. The molecule has 1 atom stereocenters. The van der Waals surface area contributed by atoms with Crippen molar-refractivity contribution in [2.45, 2.75) is 26.0 Å². The van der Waals surface area contributed by atoms with Gasteiger partial charge in [-0.1, -0.05) is 6.92 Å². The van der Waals surface area contributed by atoms with Gasteiger partial charge >= 0.3 is 6.48 Å². The van der Waals surface area contributed by atoms with E-state index in [1.54, 1.807) is 0 Å². The summed E-state index contributed by atoms with van der Waals surface area (Å²) in [6.07, 6.45) is 1.09. The van der Waals surface area contributed by atoms with Crippen molar-refractivity contribution in [1.29, 1.82) is 0 Å². The average Bonchev–Trinajstić information content (AvgIpc) is 2.62. The molecule has 1 rings (SSSR count). The zero-order valence-corrected chi connectivity index (χ0v) is 7.53. The van der Waals surface area contributed by atoms with Gasteiger partial charge in [0.05, 0.1) is 21.1 Å². The van der Waals surface area contributed by atoms with E-state index in [1.807, 2.05) is 0 Å². The molecule has 0 aromatic carbocycles. The predicted molar refractivity (Wildman–Crippen MR) is 39.2 cm³/mol. The summed E-state index contributed by atoms with van der Waals surface area (Å²) in [6.45, 7) is 1.66. The van der Waals surface area contributed by atoms with Crippen LogP contribution in [0.1, 0.15) is 13.3 Å². The van der Waals surface area contributed by atoms with Crippen LogP contribution in [-0.2, 0) is 14.5 Å². The number of nitrogens with zero attached hydrogens (tertiary/aromatic N) is 1. The number of hydrogen-bond acceptors (Lipinski definition) is 3. The summed E-state index contributed by atoms with van der Waals surface area (Å²) in [7, 11) is 6.24. The average molecular weight is 162 g/mol. The molecule has 0 spiro atoms. The molecule has 0 aromatic rings. The molecule has 0 N–H and O–H groups in total. The summed E-state index contributed by atoms with van der Waals surface area (Å²) < 4.78 is 6.17. The van der Waals surface area contributed by atoms with Gasteiger partial charge < -0.3 is 4.48 Å². The number of hydrogen-bond donors (Lipinski definition) is 0. The molecule has 1 heterocycles. The minimum atomic E-state index is -0.419. The summed E-state index contributed by atoms with van der Waals surface area (Å²) in [4.78, 5) is 9.01. The Morgan fingerprint density at radius 2 is 1.91 bits per heavy atom. The highest BCUT2D eigenvalue weighted by molar-refractivity contribution is 4.40. The molecular formula is C7H16NO3+. The van der Waals surface area contributed by atoms with E-state index in [-0.39, 0.29) is 6.23 Å². The third-order valence-electron chi connectivity index (χ3n) is 1.66. The fraction of sp³-hybridized carbons (Fsp3) is 1.00. The summed E-state index contributed by atoms with van der Waals surface area (Å²) in [5, 5.41) is 0. The van der Waals surface area contributed by atoms with E-state index in [9.17, 15) is 0 Å². The molecule has 1 saturated heterocycles. The molecule has 66 valence electrons. The van der Waals surface area contributed by atoms with Crippen LogP contribution in [-0.4, -0.2) is 38.3 Å². The van der Waals surface area contributed by atoms with E-state index < -0.39 is 6.48 Å². The van der Waals surface area contributed by atoms with Crippen molar-refractivity contribution in [2.24, 2.45) is 0 Å². The molecule has 0 aromatic heterocycles. The maximum atomic E-state index is 5.40. The third kappa shape index (κ3) is 2.75. The van der Waals surface area contributed by atoms with Crippen molar-refractivity contribution >= 4 is 0 Å². The second kappa shape index (κ2) is 3.06. The zero-order chi connectivity index (χ0) is 8.48. The second-order valence-corrected chi connectivity index (χ2v) is 3.60. The molecule has 1 unspecified atom stereocenters. The highest BCUT2D eigenvalue weighted by Gasteiger charge is 2.35. The summed E-state index contributed by atoms with van der Waals surface area (Å²) in [5.74, 6) is 0. The molecule has 0 aliphatic carbocycles. The maximum absolute atomic E-state index is 5.40. The molecule has 0 amide bonds. The normalized spacial score (nSPS) is 21.8. The van der Waals surface area contributed by atoms with Gasteiger partial charge in [-0.2, -0.15) is 9.78 Å². The first-order valence-electron chi connectivity index (χ1n) is 3.82. The van der Waals surface area contributed by atoms with Crippen LogP contribution in [0.5, 0.6) is 0 Å². The van der Waals surface area contributed by atoms with E-state index >= 15 is 0 Å². The van der Waals surface area contributed by atoms with Crippen LogP contribution in [0.25, 0.3) is 0 Å². The van der Waals surface area contributed by atoms with Crippen LogP contribution in [0.4, 0.5) is 0 Å². The van der Waals surface area contributed by atoms with Crippen molar-refractivity contribution in [3.63, 3.8) is 0 Å². The monoisotopic (exact) mass is 162 g/mol. The van der Waals surface area contributed by atoms with Crippen molar-refractivity contribution in [1.82, 2.24) is 0 Å². The topological polar surface area (TPSA) is 34.3 Å². The fourth-order valence-corrected chi connectivity index (χ4v) is 1.02. The Kier molecular flexibility index (Phi) is 2.49. The van der Waals surface area contributed by atoms with Crippen LogP contribution in [0.15, 0.2) is 0 Å². The Bertz CT molecular complexity index is 128. The Morgan fingerprint density at radius 1 is 1.36 bits per heavy atom. The lowest BCUT2D eigenvalue weighted by molar-refractivity contribution is -0.921. The number of rotatable bonds is 4. The minimum absolute atomic E-state index is 0.141. The molecular weight excluding hydrogens is 146 g/mol. The zero-order valence-electron chi connectivity index (χ0n) is 7.53. The summed E-state index contributed by atoms with van der Waals surface area (Å²) in [6, 6.07) is 0. The highest BCUT2D eigenvalue weighted by Crippen LogP contribution is 2.20. The Morgan fingerprint density at radius 3 is 2.18 bits per heavy atom. The van der Waals surface area contributed by atoms with E-state index in [1.165, 1.54) is 0 Å². The molecule has 4 nitrogen and oxygen atoms in total. The van der Waals surface area contributed by atoms with Crippen molar-refractivity contribution in [2.75, 3.05) is 21.1 Å². The van der Waals surface area contributed by atoms with E-state index in [0.717, 1.165) is 10.9 Å². The van der Waals surface area contributed by atoms with Crippen molar-refractivity contribution < 1.29 is 19.0 Å². The largest absolute Gasteiger partial charge is 0.334 e. The highest BCUT2D eigenvalue weighted by atomic mass is 17.4. The molecule has 0 bridgehead atoms. The predicted octanol–water partition coefficient (Wildman–Crippen LogP) is 0.691. The van der Waals surface area contributed by atoms with E-state index in [2.05, 4.69) is 37.8 Å². The molecule has 11 heavy (non-hydrogen) atoms. The smallest absolute Gasteiger partial charge is 0.306 e. The van der Waals surface area contributed by atoms with Gasteiger partial charge in [0, 0.05) is 6.42 Å². The van der Waals surface area contributed by atoms with Gasteiger partial charge in [-0.05, 0) is 0 Å². The lowest BCUT2D eigenvalue weighted by atomic mass is 10.3. The lowest BCUT2D eigenvalue weighted by Crippen LogP contribution is -2.46. The van der Waals surface area contributed by atoms with E-state index in [4.69, 9.17) is 4.74 Å². The first-order valence-corrected chi connectivity index (χ1v) is 3.82. The first kappa shape index (κ1) is 8.93. The van der Waals surface area contributed by atoms with Crippen LogP contribution in [0.3, 0.4) is 0 Å². The van der Waals surface area contributed by atoms with Gasteiger partial charge in [0.2, 0.25) is 0 Å². The Hall–Kier alpha value is -0.160. The molecule has 0 saturated carbocycles. The van der Waals surface area contributed by atoms with Crippen LogP contribution in [0.2, 0.25) is 0 Å². The van der Waals surface area contributed by atoms with Gasteiger partial charge in [0.1, 0.15) is 0 Å². The van der Waals surface area contributed by atoms with Crippen LogP contribution < -0.4 is 0 Å². The van der Waals surface area contributed by atoms with Crippen LogP contribution in [0, 0.1) is 0 Å². The molecule has 1 fully saturated rings. The standard InChI is InChI=1S/C7H16NO3/c1-5-6(8(2,3)4)9-7-10-11-7/h6-7H,5H2,1-4H3/q+1. The SMILES string of the molecule is CCC(OC1OO1)[N+](C)(C)C. The van der Waals surface area contributed by atoms with Crippen molar-refractivity contribution in [3.05, 3.63) is 0 Å². The summed E-state index contributed by atoms with van der Waals surface area (Å²) in [5.41, 5.74) is 0. The third-order valence-corrected chi connectivity index (χ3v) is 1.66. The second-order valence-electron chi connectivity index (χ2n) is 3.60. The van der Waals surface area contributed by atoms with Gasteiger partial charge in [-0.15, -0.1) is 0 Å². The molecule has 1 aliphatic heterocycles. The van der Waals surface area contributed by atoms with Gasteiger partial charge in [0.15, 0.2) is 6.23 Å². The number of ether oxygens (including phenoxy) is 1. The van der Waals surface area contributed by atoms with Gasteiger partial charge in [0.25, 0.3) is 0 Å². The van der Waals surface area contributed by atoms with E-state index in [0.29, 0.717) is 0 Å². The minimum Gasteiger partial charge on any atom is -0.306 e. The van der Waals surface area contributed by atoms with Crippen molar-refractivity contribution in [3.8, 4) is 0 Å². The quantitative estimate of drug-likeness (QED) is 0.264. The Balaban J connectivity index is 2.34. The van der Waals surface area contributed by atoms with Gasteiger partial charge in [-0.25, -0.2) is 0 Å². The molecule has 0 radical (unpaired) electrons. The first-order chi connectivity index (χ1) is 5.04. The fourth-order valence-electron chi connectivity index (χ4n) is 1.02. The van der Waals surface area contributed by atoms with Crippen LogP contribution >= 0.6 is 0 Å². The number of quaternary nitrogens is 1. The molecule has 4 heteroatoms. The van der Waals surface area contributed by atoms with Gasteiger partial charge in [-0.3, -0.25) is 4.74 Å². The Labute approximate surface area is 67.2 Å².